The number of aromatic nitrogens is 9. The van der Waals surface area contributed by atoms with Crippen LogP contribution in [0.25, 0.3) is 66.5 Å². The van der Waals surface area contributed by atoms with Crippen molar-refractivity contribution in [2.24, 2.45) is 0 Å². The van der Waals surface area contributed by atoms with Gasteiger partial charge >= 0.3 is 0 Å². The zero-order valence-corrected chi connectivity index (χ0v) is 60.8. The quantitative estimate of drug-likeness (QED) is 0.115. The number of nitrogens with zero attached hydrogens (tertiary/aromatic N) is 15. The standard InChI is InChI=1S/C25H23F3N6S.C20H13BrF3N5S.C10H3ClF2N2S.C9H9BrFN3.C5H11N/c1-3-34-24(17-12-16(13-20(28)23(17)31-34)33-9-5-4-6-10-33)32(2)25-30-22(21(14-29)35-25)15-7-8-18(26)19(27)11-15;1-3-29-19(12-7-11(21)8-15(24)18(12)27-29)28(2)20-26-17(16(9-25)30-20)10-4-5-13(22)14(23)6-10;11-10-15-9(8(4-14)16-10)5-1-2-6(12)7(13)3-5;1-2-14-9(12)6-3-5(10)4-7(11)8(6)13-14;1-2-4-6-5-3-1/h7-8,11-13H,3-6,9-10H2,1-2H3;4-8H,3H2,1-2H3;1-3H;3-4H,2,12H2,1H3;6H,1-5H2. The second kappa shape index (κ2) is 33.1. The number of halogens is 12. The summed E-state index contributed by atoms with van der Waals surface area (Å²) in [5, 5.41) is 47.0. The number of anilines is 6. The highest BCUT2D eigenvalue weighted by Gasteiger charge is 2.27. The van der Waals surface area contributed by atoms with Crippen LogP contribution in [0.5, 0.6) is 0 Å². The van der Waals surface area contributed by atoms with Crippen molar-refractivity contribution in [3.63, 3.8) is 0 Å². The summed E-state index contributed by atoms with van der Waals surface area (Å²) in [6, 6.07) is 26.0. The Balaban J connectivity index is 0.000000149. The minimum absolute atomic E-state index is 0.191. The van der Waals surface area contributed by atoms with Gasteiger partial charge in [0, 0.05) is 94.3 Å². The Labute approximate surface area is 607 Å². The van der Waals surface area contributed by atoms with Gasteiger partial charge in [-0.05, 0) is 157 Å². The molecule has 0 radical (unpaired) electrons. The van der Waals surface area contributed by atoms with E-state index < -0.39 is 40.7 Å². The van der Waals surface area contributed by atoms with Crippen molar-refractivity contribution in [3.05, 3.63) is 171 Å². The number of piperidine rings is 2. The van der Waals surface area contributed by atoms with Crippen molar-refractivity contribution in [2.75, 3.05) is 60.7 Å². The number of hydrogen-bond acceptors (Lipinski definition) is 17. The summed E-state index contributed by atoms with van der Waals surface area (Å²) in [5.41, 5.74) is 9.17. The Hall–Kier alpha value is -9.13. The fourth-order valence-corrected chi connectivity index (χ4v) is 14.6. The van der Waals surface area contributed by atoms with Gasteiger partial charge in [0.2, 0.25) is 0 Å². The van der Waals surface area contributed by atoms with E-state index in [1.54, 1.807) is 56.1 Å². The molecule has 8 heterocycles. The maximum atomic E-state index is 15.2. The topological polar surface area (TPSA) is 211 Å². The summed E-state index contributed by atoms with van der Waals surface area (Å²) < 4.78 is 129. The highest BCUT2D eigenvalue weighted by molar-refractivity contribution is 9.10. The van der Waals surface area contributed by atoms with E-state index in [9.17, 15) is 45.6 Å². The number of benzene rings is 6. The summed E-state index contributed by atoms with van der Waals surface area (Å²) in [6.45, 7) is 11.6. The van der Waals surface area contributed by atoms with E-state index in [1.165, 1.54) is 69.1 Å². The zero-order chi connectivity index (χ0) is 72.5. The molecule has 6 aromatic heterocycles. The average Bonchev–Trinajstić information content (AvgIpc) is 1.62. The van der Waals surface area contributed by atoms with E-state index in [0.29, 0.717) is 94.7 Å². The molecule has 2 saturated heterocycles. The van der Waals surface area contributed by atoms with Crippen molar-refractivity contribution >= 4 is 144 Å². The van der Waals surface area contributed by atoms with E-state index in [2.05, 4.69) is 84.5 Å². The van der Waals surface area contributed by atoms with Crippen LogP contribution in [-0.2, 0) is 19.6 Å². The molecular formula is C69H59Br2ClF9N17S3. The lowest BCUT2D eigenvalue weighted by Gasteiger charge is -2.29. The summed E-state index contributed by atoms with van der Waals surface area (Å²) in [4.78, 5) is 19.4. The van der Waals surface area contributed by atoms with Gasteiger partial charge in [0.25, 0.3) is 0 Å². The van der Waals surface area contributed by atoms with Gasteiger partial charge in [-0.25, -0.2) is 68.5 Å². The van der Waals surface area contributed by atoms with E-state index in [1.807, 2.05) is 32.9 Å². The Kier molecular flexibility index (Phi) is 24.4. The van der Waals surface area contributed by atoms with Gasteiger partial charge < -0.3 is 25.8 Å². The van der Waals surface area contributed by atoms with Crippen LogP contribution in [0.4, 0.5) is 72.9 Å². The Morgan fingerprint density at radius 2 is 0.871 bits per heavy atom. The van der Waals surface area contributed by atoms with Gasteiger partial charge in [-0.3, -0.25) is 0 Å². The van der Waals surface area contributed by atoms with Gasteiger partial charge in [0.05, 0.1) is 0 Å². The molecular weight excluding hydrogens is 1530 g/mol. The molecule has 101 heavy (non-hydrogen) atoms. The third-order valence-electron chi connectivity index (χ3n) is 16.0. The minimum atomic E-state index is -1.02. The van der Waals surface area contributed by atoms with Crippen molar-refractivity contribution in [3.8, 4) is 52.0 Å². The monoisotopic (exact) mass is 1590 g/mol. The van der Waals surface area contributed by atoms with E-state index in [4.69, 9.17) is 22.6 Å². The molecule has 0 saturated carbocycles. The highest BCUT2D eigenvalue weighted by Crippen LogP contribution is 2.43. The normalized spacial score (nSPS) is 12.7. The van der Waals surface area contributed by atoms with Crippen molar-refractivity contribution < 1.29 is 39.5 Å². The van der Waals surface area contributed by atoms with Crippen molar-refractivity contribution in [1.29, 1.82) is 15.8 Å². The number of rotatable bonds is 11. The predicted molar refractivity (Wildman–Crippen MR) is 386 cm³/mol. The van der Waals surface area contributed by atoms with Crippen LogP contribution >= 0.6 is 77.5 Å². The lowest BCUT2D eigenvalue weighted by atomic mass is 10.1. The first-order valence-electron chi connectivity index (χ1n) is 31.3. The van der Waals surface area contributed by atoms with Crippen LogP contribution in [0.2, 0.25) is 4.47 Å². The molecule has 0 bridgehead atoms. The fourth-order valence-electron chi connectivity index (χ4n) is 11.1. The van der Waals surface area contributed by atoms with Gasteiger partial charge in [-0.15, -0.1) is 0 Å². The summed E-state index contributed by atoms with van der Waals surface area (Å²) in [5.74, 6) is -5.34. The van der Waals surface area contributed by atoms with Crippen LogP contribution in [0, 0.1) is 86.3 Å². The zero-order valence-electron chi connectivity index (χ0n) is 54.4. The van der Waals surface area contributed by atoms with E-state index in [-0.39, 0.29) is 58.8 Å². The van der Waals surface area contributed by atoms with Crippen molar-refractivity contribution in [1.82, 2.24) is 49.6 Å². The first-order valence-corrected chi connectivity index (χ1v) is 35.7. The second-order valence-corrected chi connectivity index (χ2v) is 27.9. The van der Waals surface area contributed by atoms with Gasteiger partial charge in [-0.1, -0.05) is 83.9 Å². The van der Waals surface area contributed by atoms with Gasteiger partial charge in [0.1, 0.15) is 83.9 Å². The van der Waals surface area contributed by atoms with Crippen LogP contribution in [0.1, 0.15) is 73.9 Å². The first-order chi connectivity index (χ1) is 48.5. The molecule has 522 valence electrons. The molecule has 12 aromatic rings. The minimum Gasteiger partial charge on any atom is -0.383 e. The van der Waals surface area contributed by atoms with E-state index in [0.717, 1.165) is 102 Å². The van der Waals surface area contributed by atoms with Gasteiger partial charge in [0.15, 0.2) is 67.1 Å². The molecule has 0 atom stereocenters. The molecule has 0 unspecified atom stereocenters. The van der Waals surface area contributed by atoms with Crippen LogP contribution < -0.4 is 25.8 Å². The third-order valence-corrected chi connectivity index (χ3v) is 20.1. The molecule has 2 fully saturated rings. The number of thiazole rings is 3. The molecule has 17 nitrogen and oxygen atoms in total. The van der Waals surface area contributed by atoms with Crippen molar-refractivity contribution in [2.45, 2.75) is 78.9 Å². The van der Waals surface area contributed by atoms with Crippen LogP contribution in [0.3, 0.4) is 0 Å². The molecule has 6 aromatic carbocycles. The largest absolute Gasteiger partial charge is 0.383 e. The van der Waals surface area contributed by atoms with Crippen LogP contribution in [0.15, 0.2) is 99.9 Å². The lowest BCUT2D eigenvalue weighted by molar-refractivity contribution is 0.509. The first kappa shape index (κ1) is 74.6. The molecule has 0 amide bonds. The lowest BCUT2D eigenvalue weighted by Crippen LogP contribution is -2.29. The molecule has 3 N–H and O–H groups in total. The number of fused-ring (bicyclic) bond motifs is 3. The SMILES string of the molecule is C1CCNCC1.CCn1nc2c(F)cc(Br)cc2c1N.CCn1nc2c(F)cc(Br)cc2c1N(C)c1nc(-c2ccc(F)c(F)c2)c(C#N)s1.CCn1nc2c(F)cc(N3CCCCC3)cc2c1N(C)c1nc(-c2ccc(F)c(F)c2)c(C#N)s1.N#Cc1sc(Cl)nc1-c1ccc(F)c(F)c1. The Morgan fingerprint density at radius 3 is 1.28 bits per heavy atom. The number of nitrogens with two attached hydrogens (primary N) is 1. The number of nitrogens with one attached hydrogen (secondary N) is 1. The summed E-state index contributed by atoms with van der Waals surface area (Å²) in [6.07, 6.45) is 7.54. The van der Waals surface area contributed by atoms with Crippen LogP contribution in [-0.4, -0.2) is 84.6 Å². The number of hydrogen-bond donors (Lipinski definition) is 2. The van der Waals surface area contributed by atoms with Gasteiger partial charge in [-0.2, -0.15) is 31.1 Å². The number of nitrogen functional groups attached to an aromatic ring is 1. The maximum Gasteiger partial charge on any atom is 0.192 e. The average molecular weight is 1590 g/mol. The predicted octanol–water partition coefficient (Wildman–Crippen LogP) is 19.1. The molecule has 2 aliphatic rings. The Bertz CT molecular complexity index is 5150. The van der Waals surface area contributed by atoms with E-state index >= 15 is 4.39 Å². The smallest absolute Gasteiger partial charge is 0.192 e. The molecule has 32 heteroatoms. The molecule has 0 aliphatic carbocycles. The molecule has 14 rings (SSSR count). The fraction of sp³-hybridized carbons (Fsp3) is 0.261. The second-order valence-electron chi connectivity index (χ2n) is 22.6. The number of nitriles is 3. The Morgan fingerprint density at radius 1 is 0.485 bits per heavy atom. The summed E-state index contributed by atoms with van der Waals surface area (Å²) >= 11 is 15.4. The molecule has 0 spiro atoms. The number of aryl methyl sites for hydroxylation is 3. The maximum absolute atomic E-state index is 15.2. The third kappa shape index (κ3) is 16.6. The molecule has 2 aliphatic heterocycles. The summed E-state index contributed by atoms with van der Waals surface area (Å²) in [7, 11) is 3.51. The highest BCUT2D eigenvalue weighted by atomic mass is 79.9.